The maximum Gasteiger partial charge on any atom is 0.410 e. The lowest BCUT2D eigenvalue weighted by atomic mass is 10.0. The fraction of sp³-hybridized carbons (Fsp3) is 0.455. The molecule has 0 unspecified atom stereocenters. The van der Waals surface area contributed by atoms with Crippen LogP contribution in [-0.4, -0.2) is 118 Å². The number of hydroxylamine groups is 1. The molecule has 5 amide bonds. The van der Waals surface area contributed by atoms with Crippen LogP contribution < -0.4 is 10.8 Å². The first-order chi connectivity index (χ1) is 23.6. The van der Waals surface area contributed by atoms with E-state index in [9.17, 15) is 24.3 Å². The van der Waals surface area contributed by atoms with Gasteiger partial charge in [0, 0.05) is 50.9 Å². The first-order valence-corrected chi connectivity index (χ1v) is 17.6. The summed E-state index contributed by atoms with van der Waals surface area (Å²) in [7, 11) is 0. The fourth-order valence-corrected chi connectivity index (χ4v) is 7.42. The Morgan fingerprint density at radius 1 is 1.02 bits per heavy atom. The number of aliphatic imine (C=N–C) groups is 2. The summed E-state index contributed by atoms with van der Waals surface area (Å²) in [4.78, 5) is 64.4. The Kier molecular flexibility index (Phi) is 12.6. The number of fused-ring (bicyclic) bond motifs is 1. The normalized spacial score (nSPS) is 17.8. The number of hydrogen-bond acceptors (Lipinski definition) is 9. The largest absolute Gasteiger partial charge is 0.506 e. The number of benzene rings is 2. The second-order valence-electron chi connectivity index (χ2n) is 12.1. The highest BCUT2D eigenvalue weighted by atomic mass is 79.9. The van der Waals surface area contributed by atoms with Gasteiger partial charge in [0.2, 0.25) is 0 Å². The summed E-state index contributed by atoms with van der Waals surface area (Å²) in [5, 5.41) is 21.8. The van der Waals surface area contributed by atoms with Gasteiger partial charge in [-0.2, -0.15) is 4.99 Å². The number of para-hydroxylation sites is 1. The molecule has 5 rings (SSSR count). The molecule has 0 aliphatic carbocycles. The highest BCUT2D eigenvalue weighted by molar-refractivity contribution is 9.11. The number of nitrogens with zero attached hydrogens (tertiary/aromatic N) is 5. The number of carbonyl (C=O) groups excluding carboxylic acids is 4. The van der Waals surface area contributed by atoms with Crippen LogP contribution in [0.1, 0.15) is 36.8 Å². The number of ether oxygens (including phenoxy) is 1. The van der Waals surface area contributed by atoms with Gasteiger partial charge in [0.1, 0.15) is 5.75 Å². The highest BCUT2D eigenvalue weighted by Gasteiger charge is 2.33. The van der Waals surface area contributed by atoms with Crippen LogP contribution in [-0.2, 0) is 27.2 Å². The van der Waals surface area contributed by atoms with Gasteiger partial charge in [-0.25, -0.2) is 20.1 Å². The number of anilines is 1. The van der Waals surface area contributed by atoms with E-state index >= 15 is 0 Å². The number of phenolic OH excluding ortho intramolecular Hbond substituents is 1. The minimum atomic E-state index is -1.29. The Hall–Kier alpha value is -4.04. The maximum absolute atomic E-state index is 13.4. The van der Waals surface area contributed by atoms with Gasteiger partial charge < -0.3 is 25.0 Å². The lowest BCUT2D eigenvalue weighted by Crippen LogP contribution is -2.50. The summed E-state index contributed by atoms with van der Waals surface area (Å²) in [5.74, 6) is 3.77. The van der Waals surface area contributed by atoms with E-state index in [4.69, 9.17) is 9.94 Å². The van der Waals surface area contributed by atoms with Gasteiger partial charge in [-0.15, -0.1) is 0 Å². The Morgan fingerprint density at radius 2 is 1.71 bits per heavy atom. The zero-order chi connectivity index (χ0) is 34.9. The molecule has 0 bridgehead atoms. The van der Waals surface area contributed by atoms with Gasteiger partial charge in [0.15, 0.2) is 6.10 Å². The van der Waals surface area contributed by atoms with E-state index < -0.39 is 24.0 Å². The summed E-state index contributed by atoms with van der Waals surface area (Å²) >= 11 is 6.59. The number of phenols is 1. The lowest BCUT2D eigenvalue weighted by molar-refractivity contribution is -0.130. The highest BCUT2D eigenvalue weighted by Crippen LogP contribution is 2.34. The predicted octanol–water partition coefficient (Wildman–Crippen LogP) is 3.91. The van der Waals surface area contributed by atoms with Gasteiger partial charge >= 0.3 is 12.1 Å². The van der Waals surface area contributed by atoms with E-state index in [0.29, 0.717) is 72.9 Å². The van der Waals surface area contributed by atoms with Crippen molar-refractivity contribution < 1.29 is 34.2 Å². The molecular weight excluding hydrogens is 766 g/mol. The quantitative estimate of drug-likeness (QED) is 0.177. The average molecular weight is 804 g/mol. The first-order valence-electron chi connectivity index (χ1n) is 16.0. The molecular formula is C33H37Br2N7O7. The number of amides is 5. The summed E-state index contributed by atoms with van der Waals surface area (Å²) in [6.07, 6.45) is 1.16. The molecule has 16 heteroatoms. The van der Waals surface area contributed by atoms with Gasteiger partial charge in [-0.1, -0.05) is 18.2 Å². The van der Waals surface area contributed by atoms with Gasteiger partial charge in [-0.3, -0.25) is 19.7 Å². The molecule has 2 fully saturated rings. The summed E-state index contributed by atoms with van der Waals surface area (Å²) < 4.78 is 6.53. The zero-order valence-electron chi connectivity index (χ0n) is 26.6. The molecule has 1 atom stereocenters. The molecule has 3 aliphatic rings. The van der Waals surface area contributed by atoms with E-state index in [1.807, 2.05) is 34.1 Å². The van der Waals surface area contributed by atoms with E-state index in [1.165, 1.54) is 4.90 Å². The molecule has 0 spiro atoms. The predicted molar refractivity (Wildman–Crippen MR) is 187 cm³/mol. The van der Waals surface area contributed by atoms with Crippen LogP contribution in [0.5, 0.6) is 5.75 Å². The first kappa shape index (κ1) is 36.2. The van der Waals surface area contributed by atoms with E-state index in [-0.39, 0.29) is 36.8 Å². The monoisotopic (exact) mass is 801 g/mol. The van der Waals surface area contributed by atoms with Crippen molar-refractivity contribution in [1.82, 2.24) is 20.2 Å². The van der Waals surface area contributed by atoms with Gasteiger partial charge in [0.05, 0.1) is 33.3 Å². The molecule has 0 radical (unpaired) electrons. The van der Waals surface area contributed by atoms with Crippen LogP contribution in [0, 0.1) is 0 Å². The molecule has 4 N–H and O–H groups in total. The smallest absolute Gasteiger partial charge is 0.410 e. The fourth-order valence-electron chi connectivity index (χ4n) is 6.14. The van der Waals surface area contributed by atoms with Gasteiger partial charge in [0.25, 0.3) is 11.8 Å². The van der Waals surface area contributed by atoms with Crippen molar-refractivity contribution >= 4 is 73.2 Å². The number of urea groups is 1. The van der Waals surface area contributed by atoms with Crippen LogP contribution >= 0.6 is 31.9 Å². The van der Waals surface area contributed by atoms with Crippen LogP contribution in [0.2, 0.25) is 0 Å². The van der Waals surface area contributed by atoms with Gasteiger partial charge in [-0.05, 0) is 93.3 Å². The lowest BCUT2D eigenvalue weighted by Gasteiger charge is -2.37. The van der Waals surface area contributed by atoms with Crippen molar-refractivity contribution in [2.45, 2.75) is 56.7 Å². The number of hydrogen-bond donors (Lipinski definition) is 4. The minimum Gasteiger partial charge on any atom is -0.506 e. The summed E-state index contributed by atoms with van der Waals surface area (Å²) in [6, 6.07) is 10.7. The topological polar surface area (TPSA) is 176 Å². The maximum atomic E-state index is 13.4. The molecule has 2 aromatic rings. The van der Waals surface area contributed by atoms with Crippen molar-refractivity contribution in [2.24, 2.45) is 9.98 Å². The second kappa shape index (κ2) is 17.1. The number of aromatic hydroxyl groups is 1. The van der Waals surface area contributed by atoms with E-state index in [0.717, 1.165) is 17.7 Å². The molecule has 0 saturated carbocycles. The Morgan fingerprint density at radius 3 is 2.41 bits per heavy atom. The molecule has 0 aromatic heterocycles. The zero-order valence-corrected chi connectivity index (χ0v) is 29.8. The third kappa shape index (κ3) is 9.78. The number of carbonyl (C=O) groups is 4. The van der Waals surface area contributed by atoms with Crippen LogP contribution in [0.3, 0.4) is 0 Å². The molecule has 14 nitrogen and oxygen atoms in total. The number of rotatable bonds is 8. The SMILES string of the molecule is O=C(CN1CCC(N=C=C=NC(=O)[C@@H](Cc2cc(Br)c(O)c(Br)c2)OC(=O)N2CCC(N3CCc4ccccc4NC3=O)CC2)CC1)NO. The Bertz CT molecular complexity index is 1640. The number of likely N-dealkylation sites (tertiary alicyclic amines) is 2. The Labute approximate surface area is 300 Å². The Balaban J connectivity index is 1.21. The van der Waals surface area contributed by atoms with Crippen molar-refractivity contribution in [3.63, 3.8) is 0 Å². The van der Waals surface area contributed by atoms with Crippen molar-refractivity contribution in [3.8, 4) is 5.75 Å². The van der Waals surface area contributed by atoms with Crippen LogP contribution in [0.25, 0.3) is 0 Å². The number of nitrogens with one attached hydrogen (secondary N) is 2. The van der Waals surface area contributed by atoms with Crippen molar-refractivity contribution in [1.29, 1.82) is 0 Å². The van der Waals surface area contributed by atoms with Crippen LogP contribution in [0.15, 0.2) is 55.3 Å². The minimum absolute atomic E-state index is 0.00637. The third-order valence-electron chi connectivity index (χ3n) is 8.83. The molecule has 2 aromatic carbocycles. The molecule has 260 valence electrons. The summed E-state index contributed by atoms with van der Waals surface area (Å²) in [6.45, 7) is 2.56. The molecule has 3 aliphatic heterocycles. The van der Waals surface area contributed by atoms with Crippen molar-refractivity contribution in [3.05, 3.63) is 56.5 Å². The number of halogens is 2. The molecule has 2 saturated heterocycles. The standard InChI is InChI=1S/C33H37Br2N7O7/c34-25-17-21(18-26(35)30(25)44)19-28(31(45)37-11-10-36-23-6-12-40(13-7-23)20-29(43)39-48)49-33(47)41-14-8-24(9-15-41)42-16-5-22-3-1-2-4-27(22)38-32(42)46/h1-4,17-18,23-24,28,44,48H,5-9,12-16,19-20H2,(H,38,46)(H,39,43)/t28-/m1/s1. The average Bonchev–Trinajstić information content (AvgIpc) is 3.27. The molecule has 3 heterocycles. The van der Waals surface area contributed by atoms with Crippen LogP contribution in [0.4, 0.5) is 15.3 Å². The molecule has 49 heavy (non-hydrogen) atoms. The van der Waals surface area contributed by atoms with E-state index in [2.05, 4.69) is 58.9 Å². The van der Waals surface area contributed by atoms with E-state index in [1.54, 1.807) is 17.6 Å². The third-order valence-corrected chi connectivity index (χ3v) is 10.0. The number of piperidine rings is 2. The summed E-state index contributed by atoms with van der Waals surface area (Å²) in [5.41, 5.74) is 4.12. The second-order valence-corrected chi connectivity index (χ2v) is 13.8. The van der Waals surface area contributed by atoms with Crippen molar-refractivity contribution in [2.75, 3.05) is 44.6 Å².